The highest BCUT2D eigenvalue weighted by Gasteiger charge is 2.25. The zero-order valence-electron chi connectivity index (χ0n) is 11.1. The Labute approximate surface area is 104 Å². The monoisotopic (exact) mass is 234 g/mol. The summed E-state index contributed by atoms with van der Waals surface area (Å²) in [5.74, 6) is -0.472. The first-order chi connectivity index (χ1) is 7.93. The maximum Gasteiger partial charge on any atom is 0.311 e. The highest BCUT2D eigenvalue weighted by Crippen LogP contribution is 2.28. The summed E-state index contributed by atoms with van der Waals surface area (Å²) >= 11 is 0. The Kier molecular flexibility index (Phi) is 4.73. The van der Waals surface area contributed by atoms with Gasteiger partial charge in [0, 0.05) is 0 Å². The first-order valence-electron chi connectivity index (χ1n) is 6.24. The van der Waals surface area contributed by atoms with E-state index in [1.54, 1.807) is 0 Å². The summed E-state index contributed by atoms with van der Waals surface area (Å²) in [5, 5.41) is 9.36. The van der Waals surface area contributed by atoms with Gasteiger partial charge in [0.2, 0.25) is 0 Å². The van der Waals surface area contributed by atoms with E-state index in [-0.39, 0.29) is 5.92 Å². The van der Waals surface area contributed by atoms with E-state index in [9.17, 15) is 9.90 Å². The van der Waals surface area contributed by atoms with E-state index < -0.39 is 11.9 Å². The third kappa shape index (κ3) is 3.58. The van der Waals surface area contributed by atoms with Gasteiger partial charge in [-0.2, -0.15) is 0 Å². The SMILES string of the molecule is CC(C)Cc1ccccc1C(C(=O)O)C(C)C. The highest BCUT2D eigenvalue weighted by atomic mass is 16.4. The number of hydrogen-bond acceptors (Lipinski definition) is 1. The molecule has 0 aliphatic heterocycles. The Morgan fingerprint density at radius 2 is 1.76 bits per heavy atom. The van der Waals surface area contributed by atoms with Crippen LogP contribution in [-0.4, -0.2) is 11.1 Å². The van der Waals surface area contributed by atoms with Gasteiger partial charge in [-0.1, -0.05) is 52.0 Å². The minimum absolute atomic E-state index is 0.112. The summed E-state index contributed by atoms with van der Waals surface area (Å²) < 4.78 is 0. The molecule has 0 saturated heterocycles. The maximum atomic E-state index is 11.4. The summed E-state index contributed by atoms with van der Waals surface area (Å²) in [6, 6.07) is 7.92. The lowest BCUT2D eigenvalue weighted by Crippen LogP contribution is -2.19. The molecule has 1 rings (SSSR count). The first-order valence-corrected chi connectivity index (χ1v) is 6.24. The van der Waals surface area contributed by atoms with Crippen LogP contribution in [-0.2, 0) is 11.2 Å². The van der Waals surface area contributed by atoms with E-state index >= 15 is 0 Å². The smallest absolute Gasteiger partial charge is 0.311 e. The summed E-state index contributed by atoms with van der Waals surface area (Å²) in [6.45, 7) is 8.24. The van der Waals surface area contributed by atoms with Gasteiger partial charge in [-0.15, -0.1) is 0 Å². The number of aliphatic carboxylic acids is 1. The van der Waals surface area contributed by atoms with Crippen LogP contribution in [0.3, 0.4) is 0 Å². The fraction of sp³-hybridized carbons (Fsp3) is 0.533. The van der Waals surface area contributed by atoms with Crippen LogP contribution in [0.15, 0.2) is 24.3 Å². The summed E-state index contributed by atoms with van der Waals surface area (Å²) in [6.07, 6.45) is 0.937. The molecule has 0 spiro atoms. The normalized spacial score (nSPS) is 13.1. The molecule has 1 N–H and O–H groups in total. The molecule has 1 unspecified atom stereocenters. The summed E-state index contributed by atoms with van der Waals surface area (Å²) in [5.41, 5.74) is 2.15. The number of carboxylic acid groups (broad SMARTS) is 1. The van der Waals surface area contributed by atoms with Crippen LogP contribution in [0.1, 0.15) is 44.7 Å². The largest absolute Gasteiger partial charge is 0.481 e. The van der Waals surface area contributed by atoms with Gasteiger partial charge in [0.25, 0.3) is 0 Å². The van der Waals surface area contributed by atoms with E-state index in [0.29, 0.717) is 5.92 Å². The van der Waals surface area contributed by atoms with Crippen LogP contribution >= 0.6 is 0 Å². The average Bonchev–Trinajstić information content (AvgIpc) is 2.18. The van der Waals surface area contributed by atoms with Gasteiger partial charge in [0.15, 0.2) is 0 Å². The molecule has 0 fully saturated rings. The zero-order valence-corrected chi connectivity index (χ0v) is 11.1. The van der Waals surface area contributed by atoms with Crippen molar-refractivity contribution in [3.63, 3.8) is 0 Å². The predicted molar refractivity (Wildman–Crippen MR) is 70.2 cm³/mol. The van der Waals surface area contributed by atoms with Crippen LogP contribution in [0.25, 0.3) is 0 Å². The number of benzene rings is 1. The lowest BCUT2D eigenvalue weighted by molar-refractivity contribution is -0.139. The van der Waals surface area contributed by atoms with E-state index in [2.05, 4.69) is 13.8 Å². The van der Waals surface area contributed by atoms with Gasteiger partial charge >= 0.3 is 5.97 Å². The van der Waals surface area contributed by atoms with Gasteiger partial charge in [-0.3, -0.25) is 4.79 Å². The molecule has 2 heteroatoms. The standard InChI is InChI=1S/C15H22O2/c1-10(2)9-12-7-5-6-8-13(12)14(11(3)4)15(16)17/h5-8,10-11,14H,9H2,1-4H3,(H,16,17). The van der Waals surface area contributed by atoms with Crippen LogP contribution in [0, 0.1) is 11.8 Å². The zero-order chi connectivity index (χ0) is 13.0. The van der Waals surface area contributed by atoms with E-state index in [4.69, 9.17) is 0 Å². The summed E-state index contributed by atoms with van der Waals surface area (Å²) in [4.78, 5) is 11.4. The fourth-order valence-corrected chi connectivity index (χ4v) is 2.24. The van der Waals surface area contributed by atoms with Crippen molar-refractivity contribution in [3.8, 4) is 0 Å². The van der Waals surface area contributed by atoms with Gasteiger partial charge in [0.1, 0.15) is 0 Å². The van der Waals surface area contributed by atoms with E-state index in [0.717, 1.165) is 12.0 Å². The Balaban J connectivity index is 3.14. The molecule has 0 saturated carbocycles. The molecule has 0 bridgehead atoms. The highest BCUT2D eigenvalue weighted by molar-refractivity contribution is 5.77. The lowest BCUT2D eigenvalue weighted by atomic mass is 9.83. The average molecular weight is 234 g/mol. The third-order valence-corrected chi connectivity index (χ3v) is 2.95. The van der Waals surface area contributed by atoms with Gasteiger partial charge in [-0.25, -0.2) is 0 Å². The van der Waals surface area contributed by atoms with Crippen molar-refractivity contribution in [1.29, 1.82) is 0 Å². The van der Waals surface area contributed by atoms with Crippen molar-refractivity contribution in [2.24, 2.45) is 11.8 Å². The molecule has 1 aromatic rings. The number of hydrogen-bond donors (Lipinski definition) is 1. The second-order valence-electron chi connectivity index (χ2n) is 5.36. The summed E-state index contributed by atoms with van der Waals surface area (Å²) in [7, 11) is 0. The van der Waals surface area contributed by atoms with Gasteiger partial charge < -0.3 is 5.11 Å². The molecule has 17 heavy (non-hydrogen) atoms. The maximum absolute atomic E-state index is 11.4. The van der Waals surface area contributed by atoms with Crippen LogP contribution < -0.4 is 0 Å². The number of carboxylic acids is 1. The van der Waals surface area contributed by atoms with E-state index in [1.165, 1.54) is 5.56 Å². The molecule has 0 aliphatic rings. The number of rotatable bonds is 5. The third-order valence-electron chi connectivity index (χ3n) is 2.95. The Morgan fingerprint density at radius 3 is 2.24 bits per heavy atom. The lowest BCUT2D eigenvalue weighted by Gasteiger charge is -2.20. The Hall–Kier alpha value is -1.31. The molecule has 94 valence electrons. The molecular formula is C15H22O2. The van der Waals surface area contributed by atoms with Crippen LogP contribution in [0.2, 0.25) is 0 Å². The quantitative estimate of drug-likeness (QED) is 0.843. The molecular weight excluding hydrogens is 212 g/mol. The molecule has 0 heterocycles. The molecule has 1 aromatic carbocycles. The van der Waals surface area contributed by atoms with Crippen molar-refractivity contribution >= 4 is 5.97 Å². The predicted octanol–water partition coefficient (Wildman–Crippen LogP) is 3.71. The minimum atomic E-state index is -0.726. The Bertz CT molecular complexity index is 380. The van der Waals surface area contributed by atoms with Crippen molar-refractivity contribution in [2.75, 3.05) is 0 Å². The van der Waals surface area contributed by atoms with E-state index in [1.807, 2.05) is 38.1 Å². The second-order valence-corrected chi connectivity index (χ2v) is 5.36. The van der Waals surface area contributed by atoms with Crippen LogP contribution in [0.4, 0.5) is 0 Å². The Morgan fingerprint density at radius 1 is 1.18 bits per heavy atom. The van der Waals surface area contributed by atoms with Crippen molar-refractivity contribution in [3.05, 3.63) is 35.4 Å². The fourth-order valence-electron chi connectivity index (χ4n) is 2.24. The molecule has 1 atom stereocenters. The minimum Gasteiger partial charge on any atom is -0.481 e. The van der Waals surface area contributed by atoms with Gasteiger partial charge in [-0.05, 0) is 29.4 Å². The molecule has 0 aromatic heterocycles. The topological polar surface area (TPSA) is 37.3 Å². The second kappa shape index (κ2) is 5.85. The van der Waals surface area contributed by atoms with Crippen molar-refractivity contribution < 1.29 is 9.90 Å². The molecule has 0 amide bonds. The molecule has 0 aliphatic carbocycles. The number of carbonyl (C=O) groups is 1. The molecule has 2 nitrogen and oxygen atoms in total. The first kappa shape index (κ1) is 13.8. The van der Waals surface area contributed by atoms with Crippen LogP contribution in [0.5, 0.6) is 0 Å². The van der Waals surface area contributed by atoms with Crippen molar-refractivity contribution in [1.82, 2.24) is 0 Å². The molecule has 0 radical (unpaired) electrons. The van der Waals surface area contributed by atoms with Crippen molar-refractivity contribution in [2.45, 2.75) is 40.0 Å². The van der Waals surface area contributed by atoms with Gasteiger partial charge in [0.05, 0.1) is 5.92 Å².